The van der Waals surface area contributed by atoms with Crippen LogP contribution >= 0.6 is 0 Å². The lowest BCUT2D eigenvalue weighted by atomic mass is 9.95. The topological polar surface area (TPSA) is 57.2 Å². The van der Waals surface area contributed by atoms with E-state index in [1.807, 2.05) is 29.0 Å². The van der Waals surface area contributed by atoms with Gasteiger partial charge in [-0.1, -0.05) is 12.1 Å². The molecule has 6 nitrogen and oxygen atoms in total. The Balaban J connectivity index is 1.45. The molecule has 1 N–H and O–H groups in total. The van der Waals surface area contributed by atoms with Crippen molar-refractivity contribution in [3.05, 3.63) is 53.7 Å². The molecule has 2 aromatic heterocycles. The number of rotatable bonds is 3. The summed E-state index contributed by atoms with van der Waals surface area (Å²) in [6.07, 6.45) is 6.08. The molecule has 4 heterocycles. The van der Waals surface area contributed by atoms with Crippen LogP contribution in [-0.4, -0.2) is 49.9 Å². The molecule has 0 saturated carbocycles. The second kappa shape index (κ2) is 6.53. The van der Waals surface area contributed by atoms with E-state index in [0.717, 1.165) is 62.5 Å². The molecule has 0 bridgehead atoms. The third-order valence-electron chi connectivity index (χ3n) is 6.00. The Morgan fingerprint density at radius 2 is 2.11 bits per heavy atom. The fraction of sp³-hybridized carbons (Fsp3) is 0.429. The number of H-pyrrole nitrogens is 1. The molecule has 2 aliphatic rings. The molecule has 27 heavy (non-hydrogen) atoms. The highest BCUT2D eigenvalue weighted by Crippen LogP contribution is 2.31. The van der Waals surface area contributed by atoms with Gasteiger partial charge in [0.15, 0.2) is 0 Å². The highest BCUT2D eigenvalue weighted by molar-refractivity contribution is 5.85. The van der Waals surface area contributed by atoms with Gasteiger partial charge in [-0.05, 0) is 30.5 Å². The van der Waals surface area contributed by atoms with Gasteiger partial charge in [0.25, 0.3) is 0 Å². The molecular weight excluding hydrogens is 338 g/mol. The number of nitrogens with zero attached hydrogens (tertiary/aromatic N) is 4. The molecule has 1 aromatic carbocycles. The van der Waals surface area contributed by atoms with Crippen LogP contribution in [0.2, 0.25) is 0 Å². The van der Waals surface area contributed by atoms with E-state index < -0.39 is 0 Å². The molecule has 1 amide bonds. The Labute approximate surface area is 158 Å². The number of amides is 1. The summed E-state index contributed by atoms with van der Waals surface area (Å²) in [4.78, 5) is 25.5. The molecule has 0 aliphatic carbocycles. The Morgan fingerprint density at radius 3 is 2.96 bits per heavy atom. The minimum Gasteiger partial charge on any atom is -0.361 e. The molecule has 1 atom stereocenters. The minimum absolute atomic E-state index is 0.121. The number of carbonyl (C=O) groups excluding carboxylic acids is 1. The number of hydrogen-bond donors (Lipinski definition) is 1. The van der Waals surface area contributed by atoms with Crippen LogP contribution < -0.4 is 0 Å². The Bertz CT molecular complexity index is 982. The Hall–Kier alpha value is -2.60. The molecule has 3 aromatic rings. The van der Waals surface area contributed by atoms with Crippen molar-refractivity contribution in [2.75, 3.05) is 19.6 Å². The largest absolute Gasteiger partial charge is 0.361 e. The summed E-state index contributed by atoms with van der Waals surface area (Å²) in [5.74, 6) is 0.145. The predicted molar refractivity (Wildman–Crippen MR) is 104 cm³/mol. The van der Waals surface area contributed by atoms with Crippen molar-refractivity contribution in [1.29, 1.82) is 0 Å². The van der Waals surface area contributed by atoms with Crippen molar-refractivity contribution >= 4 is 16.8 Å². The van der Waals surface area contributed by atoms with E-state index in [9.17, 15) is 4.79 Å². The van der Waals surface area contributed by atoms with Gasteiger partial charge >= 0.3 is 0 Å². The van der Waals surface area contributed by atoms with Crippen LogP contribution in [0.3, 0.4) is 0 Å². The van der Waals surface area contributed by atoms with E-state index in [0.29, 0.717) is 0 Å². The number of imidazole rings is 1. The SMILES string of the molecule is Cn1cnc2c1[C@H](C(=O)N1CCCC1)CN(Cc1cccc3[nH]ccc13)C2. The number of likely N-dealkylation sites (tertiary alicyclic amines) is 1. The predicted octanol–water partition coefficient (Wildman–Crippen LogP) is 2.62. The summed E-state index contributed by atoms with van der Waals surface area (Å²) in [6, 6.07) is 8.51. The van der Waals surface area contributed by atoms with Gasteiger partial charge in [0.1, 0.15) is 0 Å². The highest BCUT2D eigenvalue weighted by Gasteiger charge is 2.36. The molecule has 1 saturated heterocycles. The first-order valence-electron chi connectivity index (χ1n) is 9.77. The van der Waals surface area contributed by atoms with Crippen molar-refractivity contribution in [1.82, 2.24) is 24.3 Å². The van der Waals surface area contributed by atoms with E-state index in [2.05, 4.69) is 39.1 Å². The van der Waals surface area contributed by atoms with Gasteiger partial charge in [0.2, 0.25) is 5.91 Å². The van der Waals surface area contributed by atoms with Crippen molar-refractivity contribution in [3.63, 3.8) is 0 Å². The van der Waals surface area contributed by atoms with E-state index >= 15 is 0 Å². The van der Waals surface area contributed by atoms with Crippen molar-refractivity contribution in [2.45, 2.75) is 31.8 Å². The number of fused-ring (bicyclic) bond motifs is 2. The van der Waals surface area contributed by atoms with Crippen LogP contribution in [0.1, 0.15) is 35.7 Å². The maximum atomic E-state index is 13.2. The van der Waals surface area contributed by atoms with Gasteiger partial charge in [0, 0.05) is 56.9 Å². The van der Waals surface area contributed by atoms with E-state index in [-0.39, 0.29) is 11.8 Å². The number of aryl methyl sites for hydroxylation is 1. The second-order valence-corrected chi connectivity index (χ2v) is 7.80. The van der Waals surface area contributed by atoms with Crippen molar-refractivity contribution < 1.29 is 4.79 Å². The summed E-state index contributed by atoms with van der Waals surface area (Å²) in [6.45, 7) is 4.16. The van der Waals surface area contributed by atoms with Crippen molar-refractivity contribution in [3.8, 4) is 0 Å². The van der Waals surface area contributed by atoms with E-state index in [1.165, 1.54) is 10.9 Å². The highest BCUT2D eigenvalue weighted by atomic mass is 16.2. The summed E-state index contributed by atoms with van der Waals surface area (Å²) in [7, 11) is 2.01. The number of benzene rings is 1. The van der Waals surface area contributed by atoms with Crippen LogP contribution in [0.25, 0.3) is 10.9 Å². The quantitative estimate of drug-likeness (QED) is 0.778. The maximum Gasteiger partial charge on any atom is 0.233 e. The zero-order valence-electron chi connectivity index (χ0n) is 15.7. The van der Waals surface area contributed by atoms with Crippen LogP contribution in [-0.2, 0) is 24.9 Å². The minimum atomic E-state index is -0.121. The smallest absolute Gasteiger partial charge is 0.233 e. The standard InChI is InChI=1S/C21H25N5O/c1-24-14-23-19-13-25(11-15-5-4-6-18-16(15)7-8-22-18)12-17(20(19)24)21(27)26-9-2-3-10-26/h4-8,14,17,22H,2-3,9-13H2,1H3/t17-/m1/s1. The zero-order chi connectivity index (χ0) is 18.4. The fourth-order valence-electron chi connectivity index (χ4n) is 4.68. The average Bonchev–Trinajstić information content (AvgIpc) is 3.42. The first-order chi connectivity index (χ1) is 13.2. The first-order valence-corrected chi connectivity index (χ1v) is 9.77. The Morgan fingerprint density at radius 1 is 1.26 bits per heavy atom. The van der Waals surface area contributed by atoms with Gasteiger partial charge < -0.3 is 14.5 Å². The van der Waals surface area contributed by atoms with Gasteiger partial charge in [-0.15, -0.1) is 0 Å². The first kappa shape index (κ1) is 16.6. The molecule has 6 heteroatoms. The number of aromatic nitrogens is 3. The van der Waals surface area contributed by atoms with Crippen molar-refractivity contribution in [2.24, 2.45) is 7.05 Å². The molecule has 0 unspecified atom stereocenters. The van der Waals surface area contributed by atoms with E-state index in [1.54, 1.807) is 0 Å². The van der Waals surface area contributed by atoms with Gasteiger partial charge in [-0.3, -0.25) is 9.69 Å². The normalized spacial score (nSPS) is 20.3. The van der Waals surface area contributed by atoms with Crippen LogP contribution in [0, 0.1) is 0 Å². The molecule has 0 radical (unpaired) electrons. The average molecular weight is 363 g/mol. The van der Waals surface area contributed by atoms with Crippen LogP contribution in [0.5, 0.6) is 0 Å². The molecule has 0 spiro atoms. The lowest BCUT2D eigenvalue weighted by Crippen LogP contribution is -2.42. The number of aromatic amines is 1. The summed E-state index contributed by atoms with van der Waals surface area (Å²) in [5, 5.41) is 1.26. The van der Waals surface area contributed by atoms with E-state index in [4.69, 9.17) is 0 Å². The lowest BCUT2D eigenvalue weighted by molar-refractivity contribution is -0.132. The summed E-state index contributed by atoms with van der Waals surface area (Å²) in [5.41, 5.74) is 4.60. The molecular formula is C21H25N5O. The molecule has 1 fully saturated rings. The third-order valence-corrected chi connectivity index (χ3v) is 6.00. The molecule has 2 aliphatic heterocycles. The monoisotopic (exact) mass is 363 g/mol. The van der Waals surface area contributed by atoms with Gasteiger partial charge in [0.05, 0.1) is 23.6 Å². The number of nitrogens with one attached hydrogen (secondary N) is 1. The van der Waals surface area contributed by atoms with Gasteiger partial charge in [-0.2, -0.15) is 0 Å². The summed E-state index contributed by atoms with van der Waals surface area (Å²) < 4.78 is 2.04. The molecule has 140 valence electrons. The third kappa shape index (κ3) is 2.84. The lowest BCUT2D eigenvalue weighted by Gasteiger charge is -2.34. The zero-order valence-corrected chi connectivity index (χ0v) is 15.7. The van der Waals surface area contributed by atoms with Crippen LogP contribution in [0.4, 0.5) is 0 Å². The fourth-order valence-corrected chi connectivity index (χ4v) is 4.68. The number of hydrogen-bond acceptors (Lipinski definition) is 3. The van der Waals surface area contributed by atoms with Crippen LogP contribution in [0.15, 0.2) is 36.8 Å². The van der Waals surface area contributed by atoms with Gasteiger partial charge in [-0.25, -0.2) is 4.98 Å². The Kier molecular flexibility index (Phi) is 4.01. The summed E-state index contributed by atoms with van der Waals surface area (Å²) >= 11 is 0. The second-order valence-electron chi connectivity index (χ2n) is 7.80. The molecule has 5 rings (SSSR count). The maximum absolute atomic E-state index is 13.2. The number of carbonyl (C=O) groups is 1.